The van der Waals surface area contributed by atoms with E-state index in [-0.39, 0.29) is 17.4 Å². The summed E-state index contributed by atoms with van der Waals surface area (Å²) in [6, 6.07) is 1.92. The number of hydrogen-bond donors (Lipinski definition) is 2. The number of piperidine rings is 1. The van der Waals surface area contributed by atoms with E-state index < -0.39 is 0 Å². The Morgan fingerprint density at radius 3 is 2.68 bits per heavy atom. The monoisotopic (exact) mass is 262 g/mol. The standard InChI is InChI=1S/C14H22N4O/c1-14(2,3)13-16-9-6-11(18-13)12(19)17-10-4-7-15-8-5-10/h6,9-10,15H,4-5,7-8H2,1-3H3,(H,17,19). The van der Waals surface area contributed by atoms with Crippen LogP contribution in [0.1, 0.15) is 49.9 Å². The molecular formula is C14H22N4O. The molecule has 5 heteroatoms. The molecule has 1 saturated heterocycles. The number of amides is 1. The van der Waals surface area contributed by atoms with Gasteiger partial charge in [0, 0.05) is 17.7 Å². The van der Waals surface area contributed by atoms with Crippen LogP contribution >= 0.6 is 0 Å². The fraction of sp³-hybridized carbons (Fsp3) is 0.643. The van der Waals surface area contributed by atoms with Crippen molar-refractivity contribution < 1.29 is 4.79 Å². The lowest BCUT2D eigenvalue weighted by Crippen LogP contribution is -2.43. The Hall–Kier alpha value is -1.49. The highest BCUT2D eigenvalue weighted by atomic mass is 16.1. The Balaban J connectivity index is 2.06. The van der Waals surface area contributed by atoms with Crippen molar-refractivity contribution in [3.8, 4) is 0 Å². The molecular weight excluding hydrogens is 240 g/mol. The molecule has 2 rings (SSSR count). The summed E-state index contributed by atoms with van der Waals surface area (Å²) in [4.78, 5) is 20.8. The molecule has 0 bridgehead atoms. The van der Waals surface area contributed by atoms with Gasteiger partial charge in [-0.15, -0.1) is 0 Å². The van der Waals surface area contributed by atoms with Crippen LogP contribution in [-0.4, -0.2) is 35.0 Å². The molecule has 0 unspecified atom stereocenters. The third-order valence-electron chi connectivity index (χ3n) is 3.23. The SMILES string of the molecule is CC(C)(C)c1nccc(C(=O)NC2CCNCC2)n1. The molecule has 0 atom stereocenters. The largest absolute Gasteiger partial charge is 0.348 e. The highest BCUT2D eigenvalue weighted by Gasteiger charge is 2.21. The molecule has 0 radical (unpaired) electrons. The third-order valence-corrected chi connectivity index (χ3v) is 3.23. The van der Waals surface area contributed by atoms with Crippen molar-refractivity contribution in [2.24, 2.45) is 0 Å². The number of aromatic nitrogens is 2. The van der Waals surface area contributed by atoms with Gasteiger partial charge < -0.3 is 10.6 Å². The van der Waals surface area contributed by atoms with Crippen molar-refractivity contribution in [3.05, 3.63) is 23.8 Å². The van der Waals surface area contributed by atoms with E-state index in [4.69, 9.17) is 0 Å². The minimum absolute atomic E-state index is 0.0974. The fourth-order valence-electron chi connectivity index (χ4n) is 2.07. The summed E-state index contributed by atoms with van der Waals surface area (Å²) in [7, 11) is 0. The lowest BCUT2D eigenvalue weighted by atomic mass is 9.95. The average molecular weight is 262 g/mol. The maximum absolute atomic E-state index is 12.2. The van der Waals surface area contributed by atoms with Crippen molar-refractivity contribution >= 4 is 5.91 Å². The summed E-state index contributed by atoms with van der Waals surface area (Å²) >= 11 is 0. The van der Waals surface area contributed by atoms with Crippen LogP contribution < -0.4 is 10.6 Å². The number of nitrogens with zero attached hydrogens (tertiary/aromatic N) is 2. The van der Waals surface area contributed by atoms with Crippen LogP contribution in [0.3, 0.4) is 0 Å². The topological polar surface area (TPSA) is 66.9 Å². The normalized spacial score (nSPS) is 17.2. The van der Waals surface area contributed by atoms with Gasteiger partial charge in [-0.25, -0.2) is 9.97 Å². The van der Waals surface area contributed by atoms with Gasteiger partial charge in [-0.2, -0.15) is 0 Å². The van der Waals surface area contributed by atoms with E-state index in [1.807, 2.05) is 20.8 Å². The van der Waals surface area contributed by atoms with Gasteiger partial charge in [0.1, 0.15) is 11.5 Å². The van der Waals surface area contributed by atoms with E-state index in [1.165, 1.54) is 0 Å². The first kappa shape index (κ1) is 13.9. The molecule has 19 heavy (non-hydrogen) atoms. The number of hydrogen-bond acceptors (Lipinski definition) is 4. The fourth-order valence-corrected chi connectivity index (χ4v) is 2.07. The molecule has 0 aromatic carbocycles. The summed E-state index contributed by atoms with van der Waals surface area (Å²) in [6.45, 7) is 8.04. The van der Waals surface area contributed by atoms with Crippen molar-refractivity contribution in [3.63, 3.8) is 0 Å². The van der Waals surface area contributed by atoms with Crippen LogP contribution in [0.15, 0.2) is 12.3 Å². The predicted molar refractivity (Wildman–Crippen MR) is 74.1 cm³/mol. The summed E-state index contributed by atoms with van der Waals surface area (Å²) in [5.74, 6) is 0.602. The second kappa shape index (κ2) is 5.65. The zero-order valence-electron chi connectivity index (χ0n) is 11.9. The summed E-state index contributed by atoms with van der Waals surface area (Å²) in [5.41, 5.74) is 0.309. The Labute approximate surface area is 114 Å². The maximum atomic E-state index is 12.2. The molecule has 1 fully saturated rings. The first-order chi connectivity index (χ1) is 8.97. The van der Waals surface area contributed by atoms with Gasteiger partial charge in [-0.1, -0.05) is 20.8 Å². The van der Waals surface area contributed by atoms with Gasteiger partial charge in [0.2, 0.25) is 0 Å². The van der Waals surface area contributed by atoms with E-state index in [0.29, 0.717) is 11.5 Å². The molecule has 5 nitrogen and oxygen atoms in total. The van der Waals surface area contributed by atoms with Crippen molar-refractivity contribution in [2.45, 2.75) is 45.1 Å². The van der Waals surface area contributed by atoms with Crippen LogP contribution in [0.5, 0.6) is 0 Å². The molecule has 2 heterocycles. The first-order valence-electron chi connectivity index (χ1n) is 6.82. The Bertz CT molecular complexity index is 447. The molecule has 1 aromatic heterocycles. The lowest BCUT2D eigenvalue weighted by Gasteiger charge is -2.23. The number of rotatable bonds is 2. The first-order valence-corrected chi connectivity index (χ1v) is 6.82. The quantitative estimate of drug-likeness (QED) is 0.842. The summed E-state index contributed by atoms with van der Waals surface area (Å²) < 4.78 is 0. The van der Waals surface area contributed by atoms with Crippen LogP contribution in [0.4, 0.5) is 0 Å². The van der Waals surface area contributed by atoms with Crippen LogP contribution in [0.25, 0.3) is 0 Å². The van der Waals surface area contributed by atoms with Crippen molar-refractivity contribution in [2.75, 3.05) is 13.1 Å². The molecule has 0 saturated carbocycles. The molecule has 0 aliphatic carbocycles. The van der Waals surface area contributed by atoms with Crippen LogP contribution in [0.2, 0.25) is 0 Å². The summed E-state index contributed by atoms with van der Waals surface area (Å²) in [5, 5.41) is 6.32. The Morgan fingerprint density at radius 2 is 2.05 bits per heavy atom. The second-order valence-electron chi connectivity index (χ2n) is 6.01. The molecule has 1 aliphatic rings. The number of nitrogens with one attached hydrogen (secondary N) is 2. The van der Waals surface area contributed by atoms with Crippen molar-refractivity contribution in [1.29, 1.82) is 0 Å². The predicted octanol–water partition coefficient (Wildman–Crippen LogP) is 1.26. The van der Waals surface area contributed by atoms with E-state index in [2.05, 4.69) is 20.6 Å². The molecule has 104 valence electrons. The van der Waals surface area contributed by atoms with Gasteiger partial charge in [0.15, 0.2) is 0 Å². The zero-order valence-corrected chi connectivity index (χ0v) is 11.9. The molecule has 1 aromatic rings. The molecule has 2 N–H and O–H groups in total. The second-order valence-corrected chi connectivity index (χ2v) is 6.01. The highest BCUT2D eigenvalue weighted by Crippen LogP contribution is 2.17. The smallest absolute Gasteiger partial charge is 0.270 e. The highest BCUT2D eigenvalue weighted by molar-refractivity contribution is 5.92. The molecule has 1 amide bonds. The van der Waals surface area contributed by atoms with E-state index in [0.717, 1.165) is 25.9 Å². The van der Waals surface area contributed by atoms with Gasteiger partial charge in [-0.05, 0) is 32.0 Å². The van der Waals surface area contributed by atoms with Gasteiger partial charge in [0.05, 0.1) is 0 Å². The van der Waals surface area contributed by atoms with Crippen LogP contribution in [-0.2, 0) is 5.41 Å². The van der Waals surface area contributed by atoms with Gasteiger partial charge >= 0.3 is 0 Å². The molecule has 0 spiro atoms. The zero-order chi connectivity index (χ0) is 13.9. The van der Waals surface area contributed by atoms with Crippen molar-refractivity contribution in [1.82, 2.24) is 20.6 Å². The lowest BCUT2D eigenvalue weighted by molar-refractivity contribution is 0.0924. The Kier molecular flexibility index (Phi) is 4.14. The number of carbonyl (C=O) groups is 1. The van der Waals surface area contributed by atoms with Gasteiger partial charge in [0.25, 0.3) is 5.91 Å². The third kappa shape index (κ3) is 3.73. The maximum Gasteiger partial charge on any atom is 0.270 e. The average Bonchev–Trinajstić information content (AvgIpc) is 2.39. The Morgan fingerprint density at radius 1 is 1.37 bits per heavy atom. The van der Waals surface area contributed by atoms with Gasteiger partial charge in [-0.3, -0.25) is 4.79 Å². The summed E-state index contributed by atoms with van der Waals surface area (Å²) in [6.07, 6.45) is 3.61. The van der Waals surface area contributed by atoms with E-state index in [9.17, 15) is 4.79 Å². The van der Waals surface area contributed by atoms with Crippen LogP contribution in [0, 0.1) is 0 Å². The minimum atomic E-state index is -0.148. The number of carbonyl (C=O) groups excluding carboxylic acids is 1. The van der Waals surface area contributed by atoms with E-state index in [1.54, 1.807) is 12.3 Å². The minimum Gasteiger partial charge on any atom is -0.348 e. The molecule has 1 aliphatic heterocycles. The van der Waals surface area contributed by atoms with E-state index >= 15 is 0 Å².